The Hall–Kier alpha value is -3.27. The number of rotatable bonds is 5. The molecule has 0 bridgehead atoms. The highest BCUT2D eigenvalue weighted by Crippen LogP contribution is 2.34. The maximum Gasteiger partial charge on any atom is 0.293 e. The molecule has 1 aromatic carbocycles. The van der Waals surface area contributed by atoms with Crippen LogP contribution in [0.1, 0.15) is 15.6 Å². The van der Waals surface area contributed by atoms with E-state index in [2.05, 4.69) is 15.5 Å². The smallest absolute Gasteiger partial charge is 0.293 e. The molecule has 0 unspecified atom stereocenters. The van der Waals surface area contributed by atoms with Gasteiger partial charge in [-0.05, 0) is 31.2 Å². The highest BCUT2D eigenvalue weighted by molar-refractivity contribution is 7.15. The number of nitro groups is 1. The molecule has 0 atom stereocenters. The van der Waals surface area contributed by atoms with E-state index in [1.54, 1.807) is 13.0 Å². The number of benzene rings is 1. The SMILES string of the molecule is COc1ccc(-c2ccc(C(=O)Nc3nnc(C)s3)o2)c([N+](=O)[O-])c1. The molecule has 2 heterocycles. The van der Waals surface area contributed by atoms with Crippen LogP contribution in [-0.4, -0.2) is 28.1 Å². The second kappa shape index (κ2) is 6.69. The molecule has 25 heavy (non-hydrogen) atoms. The van der Waals surface area contributed by atoms with Crippen molar-refractivity contribution in [2.24, 2.45) is 0 Å². The van der Waals surface area contributed by atoms with Gasteiger partial charge in [0.1, 0.15) is 16.5 Å². The minimum Gasteiger partial charge on any atom is -0.497 e. The lowest BCUT2D eigenvalue weighted by molar-refractivity contribution is -0.384. The van der Waals surface area contributed by atoms with Gasteiger partial charge in [0, 0.05) is 0 Å². The van der Waals surface area contributed by atoms with Crippen molar-refractivity contribution in [2.75, 3.05) is 12.4 Å². The quantitative estimate of drug-likeness (QED) is 0.547. The molecular weight excluding hydrogens is 348 g/mol. The van der Waals surface area contributed by atoms with Crippen molar-refractivity contribution in [1.82, 2.24) is 10.2 Å². The molecule has 3 aromatic rings. The monoisotopic (exact) mass is 360 g/mol. The molecular formula is C15H12N4O5S. The van der Waals surface area contributed by atoms with Gasteiger partial charge in [-0.25, -0.2) is 0 Å². The summed E-state index contributed by atoms with van der Waals surface area (Å²) in [7, 11) is 1.42. The third-order valence-corrected chi connectivity index (χ3v) is 4.00. The maximum atomic E-state index is 12.2. The zero-order valence-corrected chi connectivity index (χ0v) is 14.0. The minimum absolute atomic E-state index is 0.00738. The Morgan fingerprint density at radius 3 is 2.76 bits per heavy atom. The molecule has 0 radical (unpaired) electrons. The van der Waals surface area contributed by atoms with Crippen LogP contribution in [0.3, 0.4) is 0 Å². The van der Waals surface area contributed by atoms with E-state index in [0.717, 1.165) is 0 Å². The number of nitrogens with zero attached hydrogens (tertiary/aromatic N) is 3. The Morgan fingerprint density at radius 1 is 1.32 bits per heavy atom. The number of nitro benzene ring substituents is 1. The van der Waals surface area contributed by atoms with Gasteiger partial charge in [-0.3, -0.25) is 20.2 Å². The van der Waals surface area contributed by atoms with Crippen LogP contribution >= 0.6 is 11.3 Å². The molecule has 0 aliphatic rings. The van der Waals surface area contributed by atoms with E-state index in [9.17, 15) is 14.9 Å². The number of carbonyl (C=O) groups excluding carboxylic acids is 1. The van der Waals surface area contributed by atoms with Crippen LogP contribution in [0, 0.1) is 17.0 Å². The lowest BCUT2D eigenvalue weighted by Gasteiger charge is -2.03. The van der Waals surface area contributed by atoms with E-state index in [1.807, 2.05) is 0 Å². The van der Waals surface area contributed by atoms with Gasteiger partial charge < -0.3 is 9.15 Å². The molecule has 128 valence electrons. The first kappa shape index (κ1) is 16.6. The summed E-state index contributed by atoms with van der Waals surface area (Å²) < 4.78 is 10.5. The number of carbonyl (C=O) groups is 1. The number of methoxy groups -OCH3 is 1. The zero-order chi connectivity index (χ0) is 18.0. The lowest BCUT2D eigenvalue weighted by atomic mass is 10.1. The first-order valence-corrected chi connectivity index (χ1v) is 7.83. The van der Waals surface area contributed by atoms with E-state index in [4.69, 9.17) is 9.15 Å². The number of amides is 1. The molecule has 0 aliphatic heterocycles. The number of aromatic nitrogens is 2. The number of furan rings is 1. The van der Waals surface area contributed by atoms with Crippen molar-refractivity contribution in [3.05, 3.63) is 51.2 Å². The average molecular weight is 360 g/mol. The van der Waals surface area contributed by atoms with E-state index < -0.39 is 10.8 Å². The van der Waals surface area contributed by atoms with E-state index in [-0.39, 0.29) is 22.8 Å². The Balaban J connectivity index is 1.88. The summed E-state index contributed by atoms with van der Waals surface area (Å²) in [5, 5.41) is 22.5. The van der Waals surface area contributed by atoms with E-state index in [1.165, 1.54) is 42.7 Å². The number of ether oxygens (including phenoxy) is 1. The van der Waals surface area contributed by atoms with Gasteiger partial charge in [0.25, 0.3) is 11.6 Å². The second-order valence-corrected chi connectivity index (χ2v) is 6.07. The zero-order valence-electron chi connectivity index (χ0n) is 13.2. The molecule has 1 amide bonds. The number of aryl methyl sites for hydroxylation is 1. The lowest BCUT2D eigenvalue weighted by Crippen LogP contribution is -2.10. The van der Waals surface area contributed by atoms with Crippen molar-refractivity contribution in [1.29, 1.82) is 0 Å². The molecule has 1 N–H and O–H groups in total. The standard InChI is InChI=1S/C15H12N4O5S/c1-8-17-18-15(25-8)16-14(20)13-6-5-12(24-13)10-4-3-9(23-2)7-11(10)19(21)22/h3-7H,1-2H3,(H,16,18,20). The predicted molar refractivity (Wildman–Crippen MR) is 89.9 cm³/mol. The first-order chi connectivity index (χ1) is 12.0. The molecule has 0 spiro atoms. The Morgan fingerprint density at radius 2 is 2.12 bits per heavy atom. The number of anilines is 1. The third-order valence-electron chi connectivity index (χ3n) is 3.24. The van der Waals surface area contributed by atoms with Gasteiger partial charge in [0.2, 0.25) is 5.13 Å². The molecule has 0 fully saturated rings. The molecule has 9 nitrogen and oxygen atoms in total. The minimum atomic E-state index is -0.538. The third kappa shape index (κ3) is 3.48. The topological polar surface area (TPSA) is 120 Å². The molecule has 0 saturated carbocycles. The average Bonchev–Trinajstić information content (AvgIpc) is 3.23. The van der Waals surface area contributed by atoms with Gasteiger partial charge in [-0.15, -0.1) is 10.2 Å². The van der Waals surface area contributed by atoms with Crippen LogP contribution in [0.25, 0.3) is 11.3 Å². The fraction of sp³-hybridized carbons (Fsp3) is 0.133. The van der Waals surface area contributed by atoms with Crippen molar-refractivity contribution in [3.8, 4) is 17.1 Å². The van der Waals surface area contributed by atoms with Gasteiger partial charge >= 0.3 is 0 Å². The van der Waals surface area contributed by atoms with Gasteiger partial charge in [-0.1, -0.05) is 11.3 Å². The van der Waals surface area contributed by atoms with Crippen LogP contribution < -0.4 is 10.1 Å². The van der Waals surface area contributed by atoms with Crippen LogP contribution in [0.2, 0.25) is 0 Å². The number of nitrogens with one attached hydrogen (secondary N) is 1. The molecule has 10 heteroatoms. The van der Waals surface area contributed by atoms with Crippen LogP contribution in [-0.2, 0) is 0 Å². The van der Waals surface area contributed by atoms with Crippen LogP contribution in [0.5, 0.6) is 5.75 Å². The van der Waals surface area contributed by atoms with Crippen LogP contribution in [0.15, 0.2) is 34.7 Å². The second-order valence-electron chi connectivity index (χ2n) is 4.88. The largest absolute Gasteiger partial charge is 0.497 e. The van der Waals surface area contributed by atoms with Crippen LogP contribution in [0.4, 0.5) is 10.8 Å². The van der Waals surface area contributed by atoms with Gasteiger partial charge in [0.15, 0.2) is 5.76 Å². The summed E-state index contributed by atoms with van der Waals surface area (Å²) in [6, 6.07) is 7.31. The highest BCUT2D eigenvalue weighted by atomic mass is 32.1. The summed E-state index contributed by atoms with van der Waals surface area (Å²) in [6.07, 6.45) is 0. The van der Waals surface area contributed by atoms with E-state index >= 15 is 0 Å². The van der Waals surface area contributed by atoms with Crippen molar-refractivity contribution in [3.63, 3.8) is 0 Å². The first-order valence-electron chi connectivity index (χ1n) is 7.02. The van der Waals surface area contributed by atoms with Gasteiger partial charge in [0.05, 0.1) is 23.7 Å². The fourth-order valence-electron chi connectivity index (χ4n) is 2.11. The highest BCUT2D eigenvalue weighted by Gasteiger charge is 2.21. The molecule has 2 aromatic heterocycles. The van der Waals surface area contributed by atoms with Gasteiger partial charge in [-0.2, -0.15) is 0 Å². The molecule has 0 aliphatic carbocycles. The normalized spacial score (nSPS) is 10.5. The van der Waals surface area contributed by atoms with E-state index in [0.29, 0.717) is 15.9 Å². The van der Waals surface area contributed by atoms with Crippen molar-refractivity contribution in [2.45, 2.75) is 6.92 Å². The number of hydrogen-bond donors (Lipinski definition) is 1. The summed E-state index contributed by atoms with van der Waals surface area (Å²) >= 11 is 1.23. The summed E-state index contributed by atoms with van der Waals surface area (Å²) in [4.78, 5) is 22.9. The Bertz CT molecular complexity index is 949. The van der Waals surface area contributed by atoms with Crippen molar-refractivity contribution >= 4 is 28.1 Å². The summed E-state index contributed by atoms with van der Waals surface area (Å²) in [6.45, 7) is 1.77. The molecule has 0 saturated heterocycles. The number of hydrogen-bond acceptors (Lipinski definition) is 8. The summed E-state index contributed by atoms with van der Waals surface area (Å²) in [5.41, 5.74) is 0.0667. The molecule has 3 rings (SSSR count). The fourth-order valence-corrected chi connectivity index (χ4v) is 2.70. The summed E-state index contributed by atoms with van der Waals surface area (Å²) in [5.74, 6) is 0.0473. The predicted octanol–water partition coefficient (Wildman–Crippen LogP) is 3.28. The Labute approximate surface area is 145 Å². The van der Waals surface area contributed by atoms with Crippen molar-refractivity contribution < 1.29 is 18.9 Å². The Kier molecular flexibility index (Phi) is 4.44. The maximum absolute atomic E-state index is 12.2.